The van der Waals surface area contributed by atoms with Crippen molar-refractivity contribution in [2.75, 3.05) is 45.5 Å². The number of carbonyl (C=O) groups is 1. The van der Waals surface area contributed by atoms with Crippen molar-refractivity contribution in [2.24, 2.45) is 0 Å². The highest BCUT2D eigenvalue weighted by atomic mass is 32.2. The van der Waals surface area contributed by atoms with E-state index in [2.05, 4.69) is 53.4 Å². The molecular weight excluding hydrogens is 458 g/mol. The lowest BCUT2D eigenvalue weighted by atomic mass is 9.96. The lowest BCUT2D eigenvalue weighted by molar-refractivity contribution is -0.133. The van der Waals surface area contributed by atoms with Gasteiger partial charge in [-0.1, -0.05) is 91.0 Å². The Labute approximate surface area is 208 Å². The number of carbonyl (C=O) groups excluding carboxylic acids is 1. The molecule has 1 aliphatic heterocycles. The number of hydrogen-bond acceptors (Lipinski definition) is 4. The number of hydrogen-bond donors (Lipinski definition) is 0. The maximum absolute atomic E-state index is 13.1. The van der Waals surface area contributed by atoms with Crippen LogP contribution < -0.4 is 0 Å². The molecule has 0 bridgehead atoms. The van der Waals surface area contributed by atoms with Crippen molar-refractivity contribution in [3.05, 3.63) is 108 Å². The van der Waals surface area contributed by atoms with Crippen LogP contribution >= 0.6 is 0 Å². The molecule has 7 heteroatoms. The molecule has 1 heterocycles. The summed E-state index contributed by atoms with van der Waals surface area (Å²) in [5.41, 5.74) is 3.50. The van der Waals surface area contributed by atoms with Crippen LogP contribution in [0.1, 0.15) is 22.7 Å². The van der Waals surface area contributed by atoms with Gasteiger partial charge in [0.2, 0.25) is 15.9 Å². The first-order valence-electron chi connectivity index (χ1n) is 12.0. The minimum atomic E-state index is -3.49. The lowest BCUT2D eigenvalue weighted by Gasteiger charge is -2.40. The van der Waals surface area contributed by atoms with Gasteiger partial charge >= 0.3 is 0 Å². The fraction of sp³-hybridized carbons (Fsp3) is 0.321. The van der Waals surface area contributed by atoms with Gasteiger partial charge in [-0.05, 0) is 23.1 Å². The molecule has 3 aromatic rings. The van der Waals surface area contributed by atoms with Gasteiger partial charge in [-0.15, -0.1) is 0 Å². The van der Waals surface area contributed by atoms with Gasteiger partial charge in [0.1, 0.15) is 0 Å². The molecule has 1 aliphatic rings. The monoisotopic (exact) mass is 491 g/mol. The van der Waals surface area contributed by atoms with Crippen LogP contribution in [0, 0.1) is 0 Å². The summed E-state index contributed by atoms with van der Waals surface area (Å²) in [6.45, 7) is 2.77. The zero-order valence-electron chi connectivity index (χ0n) is 20.2. The summed E-state index contributed by atoms with van der Waals surface area (Å²) in [7, 11) is -3.49. The molecule has 0 N–H and O–H groups in total. The molecule has 1 amide bonds. The van der Waals surface area contributed by atoms with Gasteiger partial charge in [0.05, 0.1) is 18.8 Å². The van der Waals surface area contributed by atoms with Crippen molar-refractivity contribution < 1.29 is 13.2 Å². The summed E-state index contributed by atoms with van der Waals surface area (Å²) in [4.78, 5) is 17.3. The molecule has 0 saturated carbocycles. The molecule has 0 unspecified atom stereocenters. The van der Waals surface area contributed by atoms with Gasteiger partial charge in [-0.25, -0.2) is 8.42 Å². The molecule has 0 spiro atoms. The molecular formula is C28H33N3O3S. The summed E-state index contributed by atoms with van der Waals surface area (Å²) in [5, 5.41) is 0. The van der Waals surface area contributed by atoms with Gasteiger partial charge in [-0.3, -0.25) is 9.69 Å². The van der Waals surface area contributed by atoms with E-state index in [1.807, 2.05) is 42.5 Å². The normalized spacial score (nSPS) is 15.0. The minimum absolute atomic E-state index is 0.119. The molecule has 0 aromatic heterocycles. The van der Waals surface area contributed by atoms with Crippen molar-refractivity contribution in [1.82, 2.24) is 14.1 Å². The van der Waals surface area contributed by atoms with E-state index in [0.717, 1.165) is 18.7 Å². The summed E-state index contributed by atoms with van der Waals surface area (Å²) in [6.07, 6.45) is 1.75. The number of benzene rings is 3. The Kier molecular flexibility index (Phi) is 8.33. The first-order chi connectivity index (χ1) is 16.9. The second-order valence-electron chi connectivity index (χ2n) is 8.97. The number of nitrogens with zero attached hydrogens (tertiary/aromatic N) is 3. The Balaban J connectivity index is 1.39. The maximum atomic E-state index is 13.1. The Hall–Kier alpha value is -3.00. The third-order valence-corrected chi connectivity index (χ3v) is 7.79. The van der Waals surface area contributed by atoms with Gasteiger partial charge in [0.25, 0.3) is 0 Å². The van der Waals surface area contributed by atoms with Crippen LogP contribution in [0.2, 0.25) is 0 Å². The Morgan fingerprint density at radius 2 is 1.29 bits per heavy atom. The van der Waals surface area contributed by atoms with Crippen LogP contribution in [0.3, 0.4) is 0 Å². The van der Waals surface area contributed by atoms with Crippen LogP contribution in [-0.4, -0.2) is 74.0 Å². The lowest BCUT2D eigenvalue weighted by Crippen LogP contribution is -2.52. The summed E-state index contributed by atoms with van der Waals surface area (Å²) in [5.74, 6) is -0.140. The van der Waals surface area contributed by atoms with Crippen molar-refractivity contribution in [2.45, 2.75) is 12.5 Å². The van der Waals surface area contributed by atoms with Gasteiger partial charge in [0, 0.05) is 32.7 Å². The highest BCUT2D eigenvalue weighted by molar-refractivity contribution is 7.88. The van der Waals surface area contributed by atoms with Gasteiger partial charge in [-0.2, -0.15) is 4.31 Å². The number of rotatable bonds is 9. The fourth-order valence-corrected chi connectivity index (χ4v) is 5.39. The summed E-state index contributed by atoms with van der Waals surface area (Å²) < 4.78 is 26.0. The first-order valence-corrected chi connectivity index (χ1v) is 13.9. The SMILES string of the molecule is CS(=O)(=O)N(CCc1ccccc1)CC(=O)N1CCN(C(c2ccccc2)c2ccccc2)CC1. The smallest absolute Gasteiger partial charge is 0.237 e. The largest absolute Gasteiger partial charge is 0.339 e. The fourth-order valence-electron chi connectivity index (χ4n) is 4.63. The molecule has 0 radical (unpaired) electrons. The molecule has 6 nitrogen and oxygen atoms in total. The standard InChI is InChI=1S/C28H33N3O3S/c1-35(33,34)31(18-17-24-11-5-2-6-12-24)23-27(32)29-19-21-30(22-20-29)28(25-13-7-3-8-14-25)26-15-9-4-10-16-26/h2-16,28H,17-23H2,1H3. The highest BCUT2D eigenvalue weighted by Gasteiger charge is 2.30. The van der Waals surface area contributed by atoms with Crippen molar-refractivity contribution in [3.63, 3.8) is 0 Å². The predicted molar refractivity (Wildman–Crippen MR) is 139 cm³/mol. The molecule has 184 valence electrons. The van der Waals surface area contributed by atoms with E-state index in [4.69, 9.17) is 0 Å². The predicted octanol–water partition coefficient (Wildman–Crippen LogP) is 3.42. The Morgan fingerprint density at radius 1 is 0.800 bits per heavy atom. The second kappa shape index (κ2) is 11.6. The van der Waals surface area contributed by atoms with E-state index in [0.29, 0.717) is 26.1 Å². The highest BCUT2D eigenvalue weighted by Crippen LogP contribution is 2.29. The zero-order chi connectivity index (χ0) is 24.7. The Bertz CT molecular complexity index is 1140. The van der Waals surface area contributed by atoms with Gasteiger partial charge in [0.15, 0.2) is 0 Å². The van der Waals surface area contributed by atoms with E-state index < -0.39 is 10.0 Å². The molecule has 0 atom stereocenters. The minimum Gasteiger partial charge on any atom is -0.339 e. The number of amides is 1. The first kappa shape index (κ1) is 25.1. The van der Waals surface area contributed by atoms with E-state index >= 15 is 0 Å². The van der Waals surface area contributed by atoms with Crippen LogP contribution in [0.4, 0.5) is 0 Å². The van der Waals surface area contributed by atoms with E-state index in [1.165, 1.54) is 21.7 Å². The zero-order valence-corrected chi connectivity index (χ0v) is 21.0. The molecule has 1 fully saturated rings. The second-order valence-corrected chi connectivity index (χ2v) is 11.0. The topological polar surface area (TPSA) is 60.9 Å². The maximum Gasteiger partial charge on any atom is 0.237 e. The third kappa shape index (κ3) is 6.78. The van der Waals surface area contributed by atoms with Crippen LogP contribution in [0.5, 0.6) is 0 Å². The molecule has 3 aromatic carbocycles. The van der Waals surface area contributed by atoms with Gasteiger partial charge < -0.3 is 4.90 Å². The quantitative estimate of drug-likeness (QED) is 0.460. The number of sulfonamides is 1. The van der Waals surface area contributed by atoms with Crippen molar-refractivity contribution >= 4 is 15.9 Å². The van der Waals surface area contributed by atoms with Crippen LogP contribution in [0.25, 0.3) is 0 Å². The van der Waals surface area contributed by atoms with E-state index in [9.17, 15) is 13.2 Å². The molecule has 0 aliphatic carbocycles. The van der Waals surface area contributed by atoms with Crippen LogP contribution in [0.15, 0.2) is 91.0 Å². The average Bonchev–Trinajstić information content (AvgIpc) is 2.88. The van der Waals surface area contributed by atoms with E-state index in [1.54, 1.807) is 4.90 Å². The molecule has 1 saturated heterocycles. The Morgan fingerprint density at radius 3 is 1.77 bits per heavy atom. The van der Waals surface area contributed by atoms with Crippen LogP contribution in [-0.2, 0) is 21.2 Å². The summed E-state index contributed by atoms with van der Waals surface area (Å²) >= 11 is 0. The molecule has 4 rings (SSSR count). The molecule has 35 heavy (non-hydrogen) atoms. The third-order valence-electron chi connectivity index (χ3n) is 6.54. The number of piperazine rings is 1. The van der Waals surface area contributed by atoms with Crippen molar-refractivity contribution in [1.29, 1.82) is 0 Å². The average molecular weight is 492 g/mol. The van der Waals surface area contributed by atoms with E-state index in [-0.39, 0.29) is 18.5 Å². The van der Waals surface area contributed by atoms with Crippen molar-refractivity contribution in [3.8, 4) is 0 Å². The summed E-state index contributed by atoms with van der Waals surface area (Å²) in [6, 6.07) is 30.7.